The molecule has 0 bridgehead atoms. The molecule has 3 heterocycles. The third kappa shape index (κ3) is 11.6. The number of benzene rings is 7. The highest BCUT2D eigenvalue weighted by Crippen LogP contribution is 2.39. The number of ether oxygens (including phenoxy) is 3. The van der Waals surface area contributed by atoms with Gasteiger partial charge in [0.2, 0.25) is 16.8 Å². The molecule has 3 fully saturated rings. The highest BCUT2D eigenvalue weighted by atomic mass is 16.6. The van der Waals surface area contributed by atoms with Crippen LogP contribution in [-0.2, 0) is 51.9 Å². The fourth-order valence-electron chi connectivity index (χ4n) is 11.4. The van der Waals surface area contributed by atoms with Gasteiger partial charge in [-0.1, -0.05) is 182 Å². The van der Waals surface area contributed by atoms with Gasteiger partial charge in [-0.15, -0.1) is 0 Å². The monoisotopic (exact) mass is 1050 g/mol. The molecule has 0 radical (unpaired) electrons. The number of hydrogen-bond donors (Lipinski definition) is 3. The summed E-state index contributed by atoms with van der Waals surface area (Å²) in [5, 5.41) is 37.8. The molecule has 7 aromatic rings. The second-order valence-corrected chi connectivity index (χ2v) is 21.4. The molecular weight excluding hydrogens is 979 g/mol. The Morgan fingerprint density at radius 2 is 0.756 bits per heavy atom. The number of likely N-dealkylation sites (tertiary alicyclic amines) is 3. The largest absolute Gasteiger partial charge is 0.458 e. The summed E-state index contributed by atoms with van der Waals surface area (Å²) in [5.74, 6) is -2.28. The second kappa shape index (κ2) is 23.8. The van der Waals surface area contributed by atoms with Gasteiger partial charge in [0.1, 0.15) is 18.3 Å². The van der Waals surface area contributed by atoms with Gasteiger partial charge in [0.25, 0.3) is 0 Å². The van der Waals surface area contributed by atoms with Crippen molar-refractivity contribution in [3.63, 3.8) is 0 Å². The van der Waals surface area contributed by atoms with E-state index in [1.807, 2.05) is 74.8 Å². The number of rotatable bonds is 16. The fourth-order valence-corrected chi connectivity index (χ4v) is 11.4. The Hall–Kier alpha value is -7.29. The van der Waals surface area contributed by atoms with Crippen LogP contribution >= 0.6 is 0 Å². The minimum absolute atomic E-state index is 0.291. The molecule has 3 saturated heterocycles. The van der Waals surface area contributed by atoms with Crippen LogP contribution in [0.25, 0.3) is 22.3 Å². The Balaban J connectivity index is 0.915. The number of carbonyl (C=O) groups is 3. The minimum Gasteiger partial charge on any atom is -0.458 e. The Morgan fingerprint density at radius 1 is 0.410 bits per heavy atom. The number of nitrogens with zero attached hydrogens (tertiary/aromatic N) is 3. The van der Waals surface area contributed by atoms with E-state index >= 15 is 0 Å². The quantitative estimate of drug-likeness (QED) is 0.0626. The van der Waals surface area contributed by atoms with Crippen LogP contribution < -0.4 is 0 Å². The summed E-state index contributed by atoms with van der Waals surface area (Å²) in [4.78, 5) is 49.5. The van der Waals surface area contributed by atoms with E-state index in [9.17, 15) is 29.7 Å². The maximum atomic E-state index is 14.6. The first-order valence-corrected chi connectivity index (χ1v) is 27.3. The summed E-state index contributed by atoms with van der Waals surface area (Å²) in [6.45, 7) is 5.11. The van der Waals surface area contributed by atoms with E-state index in [0.717, 1.165) is 63.0 Å². The first kappa shape index (κ1) is 54.1. The van der Waals surface area contributed by atoms with Crippen LogP contribution in [0.2, 0.25) is 0 Å². The number of aliphatic hydroxyl groups is 3. The van der Waals surface area contributed by atoms with Gasteiger partial charge in [-0.05, 0) is 134 Å². The summed E-state index contributed by atoms with van der Waals surface area (Å²) in [6, 6.07) is 56.3. The molecule has 12 heteroatoms. The molecule has 6 unspecified atom stereocenters. The van der Waals surface area contributed by atoms with Gasteiger partial charge < -0.3 is 39.3 Å². The van der Waals surface area contributed by atoms with Crippen LogP contribution in [-0.4, -0.2) is 120 Å². The zero-order chi connectivity index (χ0) is 54.3. The van der Waals surface area contributed by atoms with Crippen molar-refractivity contribution in [3.8, 4) is 22.3 Å². The van der Waals surface area contributed by atoms with Crippen LogP contribution in [0.5, 0.6) is 0 Å². The molecule has 3 aliphatic rings. The van der Waals surface area contributed by atoms with E-state index in [-0.39, 0.29) is 6.10 Å². The average molecular weight is 1050 g/mol. The van der Waals surface area contributed by atoms with Crippen LogP contribution in [0.15, 0.2) is 188 Å². The van der Waals surface area contributed by atoms with Crippen LogP contribution in [0.3, 0.4) is 0 Å². The molecule has 3 aliphatic heterocycles. The fraction of sp³-hybridized carbons (Fsp3) is 0.318. The molecule has 402 valence electrons. The van der Waals surface area contributed by atoms with Gasteiger partial charge in [0.15, 0.2) is 0 Å². The molecule has 0 spiro atoms. The lowest BCUT2D eigenvalue weighted by atomic mass is 9.83. The van der Waals surface area contributed by atoms with Crippen molar-refractivity contribution in [2.24, 2.45) is 0 Å². The first-order chi connectivity index (χ1) is 37.8. The van der Waals surface area contributed by atoms with Crippen molar-refractivity contribution in [3.05, 3.63) is 227 Å². The van der Waals surface area contributed by atoms with Crippen molar-refractivity contribution >= 4 is 17.9 Å². The Bertz CT molecular complexity index is 3140. The molecule has 6 atom stereocenters. The maximum Gasteiger partial charge on any atom is 0.348 e. The molecule has 0 aliphatic carbocycles. The van der Waals surface area contributed by atoms with Gasteiger partial charge in [-0.25, -0.2) is 14.4 Å². The molecule has 0 aromatic heterocycles. The van der Waals surface area contributed by atoms with E-state index in [1.54, 1.807) is 115 Å². The molecular formula is C66H69N3O9. The van der Waals surface area contributed by atoms with Crippen LogP contribution in [0.1, 0.15) is 77.5 Å². The summed E-state index contributed by atoms with van der Waals surface area (Å²) < 4.78 is 18.4. The van der Waals surface area contributed by atoms with Crippen LogP contribution in [0.4, 0.5) is 0 Å². The number of esters is 3. The van der Waals surface area contributed by atoms with Crippen molar-refractivity contribution in [2.75, 3.05) is 53.4 Å². The first-order valence-electron chi connectivity index (χ1n) is 27.3. The lowest BCUT2D eigenvalue weighted by molar-refractivity contribution is -0.171. The molecule has 3 N–H and O–H groups in total. The Labute approximate surface area is 457 Å². The van der Waals surface area contributed by atoms with Crippen molar-refractivity contribution in [1.82, 2.24) is 14.7 Å². The molecule has 12 nitrogen and oxygen atoms in total. The van der Waals surface area contributed by atoms with Gasteiger partial charge in [-0.2, -0.15) is 0 Å². The summed E-state index contributed by atoms with van der Waals surface area (Å²) in [5.41, 5.74) is -0.202. The van der Waals surface area contributed by atoms with Crippen LogP contribution in [0, 0.1) is 0 Å². The number of carbonyl (C=O) groups excluding carboxylic acids is 3. The van der Waals surface area contributed by atoms with Crippen molar-refractivity contribution in [2.45, 2.75) is 80.2 Å². The van der Waals surface area contributed by atoms with E-state index in [4.69, 9.17) is 14.2 Å². The normalized spacial score (nSPS) is 20.8. The highest BCUT2D eigenvalue weighted by molar-refractivity contribution is 5.88. The molecule has 0 saturated carbocycles. The van der Waals surface area contributed by atoms with E-state index in [1.165, 1.54) is 5.56 Å². The maximum absolute atomic E-state index is 14.6. The summed E-state index contributed by atoms with van der Waals surface area (Å²) in [7, 11) is 3.97. The summed E-state index contributed by atoms with van der Waals surface area (Å²) >= 11 is 0. The van der Waals surface area contributed by atoms with Gasteiger partial charge in [0.05, 0.1) is 0 Å². The van der Waals surface area contributed by atoms with E-state index in [0.29, 0.717) is 77.0 Å². The lowest BCUT2D eigenvalue weighted by Crippen LogP contribution is -2.45. The second-order valence-electron chi connectivity index (χ2n) is 21.4. The summed E-state index contributed by atoms with van der Waals surface area (Å²) in [6.07, 6.45) is 3.51. The molecule has 78 heavy (non-hydrogen) atoms. The topological polar surface area (TPSA) is 149 Å². The standard InChI is InChI=1S/C66H69N3O9/c1-67-39-13-24-58(44-67)76-61(70)64(73,52-19-8-4-9-20-52)54-33-27-48(28-34-54)49-29-35-55(36-30-49)65(74,62(71)77-59-25-14-40-68(2)45-59)56-37-31-50(32-38-56)51-18-12-23-57(42-51)66(75,53-21-10-5-11-22-53)63(72)78-60-26-15-41-69(46-60)43-47-16-6-3-7-17-47/h3-12,16-23,27-38,42,58-60,73-75H,13-15,24-26,39-41,43-46H2,1-2H3. The molecule has 0 amide bonds. The van der Waals surface area contributed by atoms with Gasteiger partial charge in [-0.3, -0.25) is 4.90 Å². The SMILES string of the molecule is CN1CCCC(OC(=O)C(O)(c2ccccc2)c2ccc(-c3ccc(C(O)(C(=O)OC4CCCN(C)C4)c4ccc(-c5cccc(C(O)(C(=O)OC6CCCN(Cc7ccccc7)C6)c6ccccc6)c5)cc4)cc3)cc2)C1. The number of likely N-dealkylation sites (N-methyl/N-ethyl adjacent to an activating group) is 2. The number of piperidine rings is 3. The Morgan fingerprint density at radius 3 is 1.18 bits per heavy atom. The van der Waals surface area contributed by atoms with Crippen molar-refractivity contribution < 1.29 is 43.9 Å². The minimum atomic E-state index is -2.22. The highest BCUT2D eigenvalue weighted by Gasteiger charge is 2.46. The molecule has 7 aromatic carbocycles. The third-order valence-electron chi connectivity index (χ3n) is 15.8. The zero-order valence-electron chi connectivity index (χ0n) is 44.5. The lowest BCUT2D eigenvalue weighted by Gasteiger charge is -2.35. The Kier molecular flexibility index (Phi) is 16.5. The third-order valence-corrected chi connectivity index (χ3v) is 15.8. The average Bonchev–Trinajstić information content (AvgIpc) is 3.51. The zero-order valence-corrected chi connectivity index (χ0v) is 44.5. The predicted octanol–water partition coefficient (Wildman–Crippen LogP) is 9.21. The number of hydrogen-bond acceptors (Lipinski definition) is 12. The van der Waals surface area contributed by atoms with Crippen molar-refractivity contribution in [1.29, 1.82) is 0 Å². The molecule has 10 rings (SSSR count). The smallest absolute Gasteiger partial charge is 0.348 e. The van der Waals surface area contributed by atoms with E-state index in [2.05, 4.69) is 26.8 Å². The van der Waals surface area contributed by atoms with Gasteiger partial charge >= 0.3 is 17.9 Å². The van der Waals surface area contributed by atoms with Gasteiger partial charge in [0, 0.05) is 31.7 Å². The predicted molar refractivity (Wildman–Crippen MR) is 300 cm³/mol. The van der Waals surface area contributed by atoms with E-state index < -0.39 is 46.9 Å².